The molecule has 4 rings (SSSR count). The number of methoxy groups -OCH3 is 2. The first-order chi connectivity index (χ1) is 15.9. The summed E-state index contributed by atoms with van der Waals surface area (Å²) in [7, 11) is 2.79. The number of fused-ring (bicyclic) bond motifs is 1. The molecule has 0 radical (unpaired) electrons. The highest BCUT2D eigenvalue weighted by Crippen LogP contribution is 2.43. The molecule has 1 heterocycles. The van der Waals surface area contributed by atoms with Gasteiger partial charge >= 0.3 is 5.97 Å². The van der Waals surface area contributed by atoms with Gasteiger partial charge in [0.15, 0.2) is 5.43 Å². The number of ether oxygens (including phenoxy) is 2. The van der Waals surface area contributed by atoms with E-state index in [1.54, 1.807) is 48.5 Å². The van der Waals surface area contributed by atoms with Crippen molar-refractivity contribution in [1.82, 2.24) is 0 Å². The van der Waals surface area contributed by atoms with Crippen LogP contribution in [-0.2, 0) is 9.53 Å². The first-order valence-corrected chi connectivity index (χ1v) is 10.2. The maximum atomic E-state index is 13.0. The van der Waals surface area contributed by atoms with Gasteiger partial charge in [-0.15, -0.1) is 0 Å². The van der Waals surface area contributed by atoms with E-state index in [1.807, 2.05) is 6.07 Å². The Hall–Kier alpha value is -4.26. The average molecular weight is 446 g/mol. The number of hydrogen-bond donors (Lipinski definition) is 2. The molecule has 168 valence electrons. The zero-order chi connectivity index (χ0) is 23.5. The Morgan fingerprint density at radius 3 is 2.42 bits per heavy atom. The van der Waals surface area contributed by atoms with Crippen molar-refractivity contribution in [3.63, 3.8) is 0 Å². The van der Waals surface area contributed by atoms with Gasteiger partial charge in [-0.05, 0) is 17.7 Å². The van der Waals surface area contributed by atoms with Crippen LogP contribution < -0.4 is 10.2 Å². The topological polar surface area (TPSA) is 106 Å². The number of hydrogen-bond acceptors (Lipinski definition) is 7. The van der Waals surface area contributed by atoms with Crippen LogP contribution >= 0.6 is 0 Å². The molecule has 0 unspecified atom stereocenters. The van der Waals surface area contributed by atoms with Crippen LogP contribution in [0.15, 0.2) is 75.9 Å². The van der Waals surface area contributed by atoms with Crippen LogP contribution in [0.2, 0.25) is 0 Å². The second-order valence-electron chi connectivity index (χ2n) is 7.48. The standard InChI is InChI=1S/C26H22O7/c1-31-17-10-6-9-16(11-17)18(12-23(30)32-2)24-19(27)13-20(28)25-21(29)14-22(33-26(24)25)15-7-4-3-5-8-15/h3-11,13-14,18,27-28H,12H2,1-2H3/t18-/m1/s1. The van der Waals surface area contributed by atoms with E-state index in [-0.39, 0.29) is 34.5 Å². The highest BCUT2D eigenvalue weighted by Gasteiger charge is 2.28. The van der Waals surface area contributed by atoms with Crippen LogP contribution in [0.5, 0.6) is 17.2 Å². The van der Waals surface area contributed by atoms with E-state index in [0.717, 1.165) is 6.07 Å². The molecule has 1 aromatic heterocycles. The zero-order valence-corrected chi connectivity index (χ0v) is 18.1. The Morgan fingerprint density at radius 2 is 1.73 bits per heavy atom. The number of carbonyl (C=O) groups excluding carboxylic acids is 1. The lowest BCUT2D eigenvalue weighted by molar-refractivity contribution is -0.140. The Bertz CT molecular complexity index is 1370. The average Bonchev–Trinajstić information content (AvgIpc) is 2.83. The molecule has 0 amide bonds. The molecule has 0 aliphatic heterocycles. The SMILES string of the molecule is COC(=O)C[C@H](c1cccc(OC)c1)c1c(O)cc(O)c2c(=O)cc(-c3ccccc3)oc12. The van der Waals surface area contributed by atoms with Crippen LogP contribution in [0.4, 0.5) is 0 Å². The molecule has 2 N–H and O–H groups in total. The Balaban J connectivity index is 2.04. The molecule has 0 aliphatic rings. The summed E-state index contributed by atoms with van der Waals surface area (Å²) in [6, 6.07) is 18.4. The number of rotatable bonds is 6. The van der Waals surface area contributed by atoms with Crippen molar-refractivity contribution in [2.75, 3.05) is 14.2 Å². The smallest absolute Gasteiger partial charge is 0.306 e. The number of carbonyl (C=O) groups is 1. The summed E-state index contributed by atoms with van der Waals surface area (Å²) in [5, 5.41) is 21.2. The molecule has 7 heteroatoms. The second-order valence-corrected chi connectivity index (χ2v) is 7.48. The Morgan fingerprint density at radius 1 is 0.970 bits per heavy atom. The van der Waals surface area contributed by atoms with E-state index in [4.69, 9.17) is 13.9 Å². The molecular weight excluding hydrogens is 424 g/mol. The Kier molecular flexibility index (Phi) is 6.04. The van der Waals surface area contributed by atoms with Gasteiger partial charge in [0.05, 0.1) is 20.6 Å². The van der Waals surface area contributed by atoms with Crippen molar-refractivity contribution in [1.29, 1.82) is 0 Å². The van der Waals surface area contributed by atoms with Gasteiger partial charge in [-0.3, -0.25) is 9.59 Å². The summed E-state index contributed by atoms with van der Waals surface area (Å²) < 4.78 is 16.3. The van der Waals surface area contributed by atoms with Crippen LogP contribution in [0.1, 0.15) is 23.5 Å². The lowest BCUT2D eigenvalue weighted by atomic mass is 9.86. The van der Waals surface area contributed by atoms with Crippen molar-refractivity contribution < 1.29 is 28.9 Å². The van der Waals surface area contributed by atoms with Gasteiger partial charge in [-0.1, -0.05) is 42.5 Å². The maximum Gasteiger partial charge on any atom is 0.306 e. The van der Waals surface area contributed by atoms with Crippen molar-refractivity contribution in [3.8, 4) is 28.6 Å². The third-order valence-electron chi connectivity index (χ3n) is 5.50. The predicted molar refractivity (Wildman–Crippen MR) is 123 cm³/mol. The molecule has 7 nitrogen and oxygen atoms in total. The molecular formula is C26H22O7. The number of benzene rings is 3. The van der Waals surface area contributed by atoms with Crippen LogP contribution in [0, 0.1) is 0 Å². The Labute approximate surface area is 189 Å². The monoisotopic (exact) mass is 446 g/mol. The van der Waals surface area contributed by atoms with Gasteiger partial charge in [-0.25, -0.2) is 0 Å². The van der Waals surface area contributed by atoms with Crippen LogP contribution in [-0.4, -0.2) is 30.4 Å². The van der Waals surface area contributed by atoms with E-state index in [9.17, 15) is 19.8 Å². The summed E-state index contributed by atoms with van der Waals surface area (Å²) in [4.78, 5) is 25.3. The number of esters is 1. The van der Waals surface area contributed by atoms with E-state index in [0.29, 0.717) is 16.9 Å². The van der Waals surface area contributed by atoms with Crippen molar-refractivity contribution >= 4 is 16.9 Å². The minimum absolute atomic E-state index is 0.00410. The van der Waals surface area contributed by atoms with Crippen molar-refractivity contribution in [3.05, 3.63) is 88.1 Å². The van der Waals surface area contributed by atoms with Gasteiger partial charge < -0.3 is 24.1 Å². The van der Waals surface area contributed by atoms with Gasteiger partial charge in [0.25, 0.3) is 0 Å². The minimum Gasteiger partial charge on any atom is -0.507 e. The van der Waals surface area contributed by atoms with Crippen LogP contribution in [0.25, 0.3) is 22.3 Å². The van der Waals surface area contributed by atoms with E-state index in [2.05, 4.69) is 0 Å². The summed E-state index contributed by atoms with van der Waals surface area (Å²) in [5.74, 6) is -1.18. The fraction of sp³-hybridized carbons (Fsp3) is 0.154. The van der Waals surface area contributed by atoms with E-state index in [1.165, 1.54) is 20.3 Å². The van der Waals surface area contributed by atoms with Crippen molar-refractivity contribution in [2.24, 2.45) is 0 Å². The molecule has 4 aromatic rings. The van der Waals surface area contributed by atoms with Crippen molar-refractivity contribution in [2.45, 2.75) is 12.3 Å². The third-order valence-corrected chi connectivity index (χ3v) is 5.50. The van der Waals surface area contributed by atoms with Gasteiger partial charge in [0.1, 0.15) is 34.0 Å². The van der Waals surface area contributed by atoms with E-state index >= 15 is 0 Å². The lowest BCUT2D eigenvalue weighted by Gasteiger charge is -2.20. The molecule has 0 saturated carbocycles. The molecule has 3 aromatic carbocycles. The molecule has 0 bridgehead atoms. The third kappa shape index (κ3) is 4.25. The fourth-order valence-corrected chi connectivity index (χ4v) is 3.90. The first kappa shape index (κ1) is 22.0. The molecule has 0 saturated heterocycles. The number of phenols is 2. The summed E-state index contributed by atoms with van der Waals surface area (Å²) >= 11 is 0. The van der Waals surface area contributed by atoms with Gasteiger partial charge in [0, 0.05) is 29.2 Å². The van der Waals surface area contributed by atoms with Crippen LogP contribution in [0.3, 0.4) is 0 Å². The largest absolute Gasteiger partial charge is 0.507 e. The summed E-state index contributed by atoms with van der Waals surface area (Å²) in [5.41, 5.74) is 0.995. The molecule has 1 atom stereocenters. The minimum atomic E-state index is -0.746. The normalized spacial score (nSPS) is 11.8. The summed E-state index contributed by atoms with van der Waals surface area (Å²) in [6.07, 6.45) is -0.142. The van der Waals surface area contributed by atoms with Gasteiger partial charge in [-0.2, -0.15) is 0 Å². The molecule has 33 heavy (non-hydrogen) atoms. The van der Waals surface area contributed by atoms with E-state index < -0.39 is 23.1 Å². The first-order valence-electron chi connectivity index (χ1n) is 10.2. The van der Waals surface area contributed by atoms with Gasteiger partial charge in [0.2, 0.25) is 0 Å². The highest BCUT2D eigenvalue weighted by atomic mass is 16.5. The lowest BCUT2D eigenvalue weighted by Crippen LogP contribution is -2.12. The molecule has 0 aliphatic carbocycles. The quantitative estimate of drug-likeness (QED) is 0.418. The second kappa shape index (κ2) is 9.08. The number of phenolic OH excluding ortho intramolecular Hbond substituents is 2. The summed E-state index contributed by atoms with van der Waals surface area (Å²) in [6.45, 7) is 0. The predicted octanol–water partition coefficient (Wildman–Crippen LogP) is 4.57. The number of aromatic hydroxyl groups is 2. The maximum absolute atomic E-state index is 13.0. The highest BCUT2D eigenvalue weighted by molar-refractivity contribution is 5.90. The molecule has 0 fully saturated rings. The molecule has 0 spiro atoms. The zero-order valence-electron chi connectivity index (χ0n) is 18.1. The fourth-order valence-electron chi connectivity index (χ4n) is 3.90.